The van der Waals surface area contributed by atoms with Gasteiger partial charge in [-0.05, 0) is 65.4 Å². The molecule has 0 aliphatic rings. The highest BCUT2D eigenvalue weighted by molar-refractivity contribution is 14.1. The molecule has 112 valence electrons. The number of hydrogen-bond donors (Lipinski definition) is 2. The zero-order valence-corrected chi connectivity index (χ0v) is 14.6. The van der Waals surface area contributed by atoms with Crippen molar-refractivity contribution in [1.82, 2.24) is 0 Å². The van der Waals surface area contributed by atoms with Crippen LogP contribution < -0.4 is 10.0 Å². The maximum atomic E-state index is 12.3. The second-order valence-corrected chi connectivity index (χ2v) is 7.38. The van der Waals surface area contributed by atoms with Crippen molar-refractivity contribution in [2.75, 3.05) is 16.6 Å². The molecule has 0 unspecified atom stereocenters. The van der Waals surface area contributed by atoms with Gasteiger partial charge in [0.05, 0.1) is 10.6 Å². The number of nitrogens with one attached hydrogen (secondary N) is 2. The fraction of sp³-hybridized carbons (Fsp3) is 0.200. The molecule has 0 fully saturated rings. The van der Waals surface area contributed by atoms with E-state index in [9.17, 15) is 8.42 Å². The van der Waals surface area contributed by atoms with Crippen molar-refractivity contribution in [2.24, 2.45) is 0 Å². The second-order valence-electron chi connectivity index (χ2n) is 4.54. The van der Waals surface area contributed by atoms with Crippen molar-refractivity contribution in [3.8, 4) is 0 Å². The van der Waals surface area contributed by atoms with Crippen LogP contribution in [0.15, 0.2) is 53.4 Å². The van der Waals surface area contributed by atoms with Crippen molar-refractivity contribution in [2.45, 2.75) is 18.2 Å². The number of para-hydroxylation sites is 1. The predicted molar refractivity (Wildman–Crippen MR) is 95.2 cm³/mol. The van der Waals surface area contributed by atoms with E-state index in [1.807, 2.05) is 12.1 Å². The molecule has 0 atom stereocenters. The Balaban J connectivity index is 2.18. The number of benzene rings is 2. The third-order valence-electron chi connectivity index (χ3n) is 2.86. The van der Waals surface area contributed by atoms with Crippen molar-refractivity contribution in [1.29, 1.82) is 0 Å². The Kier molecular flexibility index (Phi) is 5.46. The number of rotatable bonds is 6. The summed E-state index contributed by atoms with van der Waals surface area (Å²) in [4.78, 5) is 0.254. The van der Waals surface area contributed by atoms with E-state index in [1.165, 1.54) is 0 Å². The Labute approximate surface area is 139 Å². The minimum atomic E-state index is -3.56. The van der Waals surface area contributed by atoms with Gasteiger partial charge in [0, 0.05) is 15.8 Å². The van der Waals surface area contributed by atoms with E-state index in [0.717, 1.165) is 22.2 Å². The lowest BCUT2D eigenvalue weighted by Gasteiger charge is -2.10. The summed E-state index contributed by atoms with van der Waals surface area (Å²) in [6.45, 7) is 2.95. The van der Waals surface area contributed by atoms with Crippen LogP contribution in [0.5, 0.6) is 0 Å². The number of hydrogen-bond acceptors (Lipinski definition) is 3. The van der Waals surface area contributed by atoms with Gasteiger partial charge in [0.25, 0.3) is 10.0 Å². The normalized spacial score (nSPS) is 11.1. The molecule has 0 saturated heterocycles. The molecule has 0 bridgehead atoms. The predicted octanol–water partition coefficient (Wildman–Crippen LogP) is 3.91. The van der Waals surface area contributed by atoms with Crippen LogP contribution in [0.25, 0.3) is 0 Å². The van der Waals surface area contributed by atoms with Crippen LogP contribution in [-0.4, -0.2) is 15.0 Å². The molecule has 2 rings (SSSR count). The molecule has 0 aliphatic carbocycles. The van der Waals surface area contributed by atoms with Crippen LogP contribution in [0.3, 0.4) is 0 Å². The summed E-state index contributed by atoms with van der Waals surface area (Å²) in [5.74, 6) is 0. The van der Waals surface area contributed by atoms with Gasteiger partial charge in [0.15, 0.2) is 0 Å². The first-order valence-electron chi connectivity index (χ1n) is 6.64. The van der Waals surface area contributed by atoms with Crippen molar-refractivity contribution < 1.29 is 8.42 Å². The molecule has 4 nitrogen and oxygen atoms in total. The van der Waals surface area contributed by atoms with Gasteiger partial charge < -0.3 is 5.32 Å². The third kappa shape index (κ3) is 4.34. The first-order valence-corrected chi connectivity index (χ1v) is 9.20. The van der Waals surface area contributed by atoms with Gasteiger partial charge in [0.1, 0.15) is 0 Å². The lowest BCUT2D eigenvalue weighted by molar-refractivity contribution is 0.601. The van der Waals surface area contributed by atoms with E-state index in [1.54, 1.807) is 36.4 Å². The summed E-state index contributed by atoms with van der Waals surface area (Å²) in [5.41, 5.74) is 1.51. The van der Waals surface area contributed by atoms with Crippen LogP contribution in [0.2, 0.25) is 0 Å². The highest BCUT2D eigenvalue weighted by Gasteiger charge is 2.15. The zero-order valence-electron chi connectivity index (χ0n) is 11.6. The van der Waals surface area contributed by atoms with Gasteiger partial charge >= 0.3 is 0 Å². The summed E-state index contributed by atoms with van der Waals surface area (Å²) in [6, 6.07) is 14.0. The standard InChI is InChI=1S/C15H17IN2O2S/c1-2-11-17-12-7-9-13(10-8-12)21(19,20)18-15-6-4-3-5-14(15)16/h3-10,17-18H,2,11H2,1H3. The van der Waals surface area contributed by atoms with E-state index in [2.05, 4.69) is 39.6 Å². The van der Waals surface area contributed by atoms with Crippen LogP contribution in [0, 0.1) is 3.57 Å². The Morgan fingerprint density at radius 1 is 1.05 bits per heavy atom. The summed E-state index contributed by atoms with van der Waals surface area (Å²) >= 11 is 2.10. The van der Waals surface area contributed by atoms with Gasteiger partial charge in [-0.1, -0.05) is 19.1 Å². The van der Waals surface area contributed by atoms with Crippen LogP contribution in [0.4, 0.5) is 11.4 Å². The minimum Gasteiger partial charge on any atom is -0.385 e. The smallest absolute Gasteiger partial charge is 0.261 e. The number of halogens is 1. The van der Waals surface area contributed by atoms with Gasteiger partial charge in [-0.15, -0.1) is 0 Å². The summed E-state index contributed by atoms with van der Waals surface area (Å²) in [5, 5.41) is 3.22. The molecule has 2 aromatic rings. The summed E-state index contributed by atoms with van der Waals surface area (Å²) in [7, 11) is -3.56. The fourth-order valence-corrected chi connectivity index (χ4v) is 3.55. The Bertz CT molecular complexity index is 700. The molecular formula is C15H17IN2O2S. The minimum absolute atomic E-state index is 0.254. The van der Waals surface area contributed by atoms with Crippen molar-refractivity contribution in [3.63, 3.8) is 0 Å². The number of sulfonamides is 1. The maximum Gasteiger partial charge on any atom is 0.261 e. The van der Waals surface area contributed by atoms with Crippen LogP contribution in [-0.2, 0) is 10.0 Å². The Hall–Kier alpha value is -1.28. The second kappa shape index (κ2) is 7.13. The zero-order chi connectivity index (χ0) is 15.3. The molecule has 2 N–H and O–H groups in total. The fourth-order valence-electron chi connectivity index (χ4n) is 1.77. The summed E-state index contributed by atoms with van der Waals surface area (Å²) < 4.78 is 28.2. The lowest BCUT2D eigenvalue weighted by Crippen LogP contribution is -2.13. The Morgan fingerprint density at radius 3 is 2.33 bits per heavy atom. The van der Waals surface area contributed by atoms with E-state index in [-0.39, 0.29) is 4.90 Å². The average Bonchev–Trinajstić information content (AvgIpc) is 2.48. The monoisotopic (exact) mass is 416 g/mol. The SMILES string of the molecule is CCCNc1ccc(S(=O)(=O)Nc2ccccc2I)cc1. The van der Waals surface area contributed by atoms with E-state index in [0.29, 0.717) is 5.69 Å². The quantitative estimate of drug-likeness (QED) is 0.703. The van der Waals surface area contributed by atoms with Gasteiger partial charge in [0.2, 0.25) is 0 Å². The molecule has 0 heterocycles. The molecule has 0 aliphatic heterocycles. The van der Waals surface area contributed by atoms with Crippen LogP contribution >= 0.6 is 22.6 Å². The number of anilines is 2. The topological polar surface area (TPSA) is 58.2 Å². The molecule has 21 heavy (non-hydrogen) atoms. The molecule has 2 aromatic carbocycles. The van der Waals surface area contributed by atoms with Crippen molar-refractivity contribution >= 4 is 44.0 Å². The Morgan fingerprint density at radius 2 is 1.71 bits per heavy atom. The largest absolute Gasteiger partial charge is 0.385 e. The third-order valence-corrected chi connectivity index (χ3v) is 5.18. The molecular weight excluding hydrogens is 399 g/mol. The highest BCUT2D eigenvalue weighted by Crippen LogP contribution is 2.22. The molecule has 0 aromatic heterocycles. The lowest BCUT2D eigenvalue weighted by atomic mass is 10.3. The molecule has 0 radical (unpaired) electrons. The molecule has 0 spiro atoms. The van der Waals surface area contributed by atoms with E-state index < -0.39 is 10.0 Å². The van der Waals surface area contributed by atoms with E-state index >= 15 is 0 Å². The molecule has 0 saturated carbocycles. The van der Waals surface area contributed by atoms with Gasteiger partial charge in [-0.3, -0.25) is 4.72 Å². The molecule has 0 amide bonds. The van der Waals surface area contributed by atoms with Crippen LogP contribution in [0.1, 0.15) is 13.3 Å². The molecule has 6 heteroatoms. The maximum absolute atomic E-state index is 12.3. The summed E-state index contributed by atoms with van der Waals surface area (Å²) in [6.07, 6.45) is 1.02. The first-order chi connectivity index (χ1) is 10.0. The van der Waals surface area contributed by atoms with Gasteiger partial charge in [-0.25, -0.2) is 8.42 Å². The van der Waals surface area contributed by atoms with E-state index in [4.69, 9.17) is 0 Å². The average molecular weight is 416 g/mol. The van der Waals surface area contributed by atoms with Gasteiger partial charge in [-0.2, -0.15) is 0 Å². The first kappa shape index (κ1) is 16.1. The highest BCUT2D eigenvalue weighted by atomic mass is 127. The van der Waals surface area contributed by atoms with Crippen molar-refractivity contribution in [3.05, 3.63) is 52.1 Å².